The molecule has 0 aliphatic rings. The maximum atomic E-state index is 12.9. The van der Waals surface area contributed by atoms with E-state index in [9.17, 15) is 19.7 Å². The smallest absolute Gasteiger partial charge is 0.445 e. The molecule has 230 valence electrons. The third-order valence-electron chi connectivity index (χ3n) is 6.62. The van der Waals surface area contributed by atoms with Crippen LogP contribution in [-0.2, 0) is 25.7 Å². The molecule has 0 bridgehead atoms. The second-order valence-electron chi connectivity index (χ2n) is 9.97. The molecule has 2 aromatic rings. The van der Waals surface area contributed by atoms with Crippen LogP contribution in [0.5, 0.6) is 0 Å². The topological polar surface area (TPSA) is 176 Å². The highest BCUT2D eigenvalue weighted by atomic mass is 17.0. The molecule has 13 heteroatoms. The van der Waals surface area contributed by atoms with Crippen molar-refractivity contribution in [1.29, 1.82) is 0 Å². The van der Waals surface area contributed by atoms with Gasteiger partial charge in [-0.05, 0) is 36.0 Å². The SMILES string of the molecule is CCCCC(=O)N(Cc1ccc(-c2ccccc2/C(N)=N/N(N)C(=O)OCCOCCO[N+](=O)[O-])cc1)C(C)C(C)C. The molecule has 0 fully saturated rings. The zero-order valence-corrected chi connectivity index (χ0v) is 24.7. The van der Waals surface area contributed by atoms with E-state index in [0.717, 1.165) is 29.5 Å². The van der Waals surface area contributed by atoms with Gasteiger partial charge < -0.3 is 24.9 Å². The lowest BCUT2D eigenvalue weighted by atomic mass is 9.97. The van der Waals surface area contributed by atoms with E-state index in [1.807, 2.05) is 41.3 Å². The number of amidine groups is 1. The first-order chi connectivity index (χ1) is 20.0. The van der Waals surface area contributed by atoms with Crippen molar-refractivity contribution in [2.45, 2.75) is 59.5 Å². The summed E-state index contributed by atoms with van der Waals surface area (Å²) in [5.41, 5.74) is 9.45. The van der Waals surface area contributed by atoms with Gasteiger partial charge >= 0.3 is 6.09 Å². The number of benzene rings is 2. The zero-order valence-electron chi connectivity index (χ0n) is 24.7. The zero-order chi connectivity index (χ0) is 31.1. The maximum Gasteiger partial charge on any atom is 0.445 e. The molecule has 0 saturated heterocycles. The maximum absolute atomic E-state index is 12.9. The second kappa shape index (κ2) is 17.6. The van der Waals surface area contributed by atoms with Crippen LogP contribution in [0.4, 0.5) is 4.79 Å². The van der Waals surface area contributed by atoms with E-state index in [-0.39, 0.29) is 44.2 Å². The van der Waals surface area contributed by atoms with Gasteiger partial charge in [0.05, 0.1) is 13.2 Å². The van der Waals surface area contributed by atoms with Crippen LogP contribution in [0, 0.1) is 16.0 Å². The number of carbonyl (C=O) groups is 2. The Morgan fingerprint density at radius 1 is 1.02 bits per heavy atom. The Morgan fingerprint density at radius 3 is 2.33 bits per heavy atom. The number of ether oxygens (including phenoxy) is 2. The van der Waals surface area contributed by atoms with Gasteiger partial charge in [0.15, 0.2) is 5.84 Å². The first-order valence-electron chi connectivity index (χ1n) is 13.9. The molecule has 0 aromatic heterocycles. The van der Waals surface area contributed by atoms with Crippen molar-refractivity contribution in [2.75, 3.05) is 26.4 Å². The number of unbranched alkanes of at least 4 members (excludes halogenated alkanes) is 1. The predicted molar refractivity (Wildman–Crippen MR) is 158 cm³/mol. The molecule has 0 spiro atoms. The van der Waals surface area contributed by atoms with Gasteiger partial charge in [0.25, 0.3) is 5.09 Å². The van der Waals surface area contributed by atoms with E-state index in [4.69, 9.17) is 21.1 Å². The van der Waals surface area contributed by atoms with Crippen molar-refractivity contribution >= 4 is 17.8 Å². The average Bonchev–Trinajstić information content (AvgIpc) is 2.97. The lowest BCUT2D eigenvalue weighted by Crippen LogP contribution is -2.40. The van der Waals surface area contributed by atoms with Crippen molar-refractivity contribution in [3.63, 3.8) is 0 Å². The summed E-state index contributed by atoms with van der Waals surface area (Å²) < 4.78 is 10.0. The molecule has 2 aromatic carbocycles. The monoisotopic (exact) mass is 586 g/mol. The number of nitrogens with zero attached hydrogens (tertiary/aromatic N) is 4. The number of carbonyl (C=O) groups excluding carboxylic acids is 2. The Hall–Kier alpha value is -4.23. The fourth-order valence-corrected chi connectivity index (χ4v) is 3.97. The van der Waals surface area contributed by atoms with Crippen molar-refractivity contribution in [1.82, 2.24) is 10.0 Å². The van der Waals surface area contributed by atoms with Gasteiger partial charge in [-0.3, -0.25) is 4.79 Å². The molecule has 0 heterocycles. The summed E-state index contributed by atoms with van der Waals surface area (Å²) in [6.45, 7) is 8.49. The molecule has 0 saturated carbocycles. The Balaban J connectivity index is 2.08. The van der Waals surface area contributed by atoms with Gasteiger partial charge in [0.2, 0.25) is 5.91 Å². The summed E-state index contributed by atoms with van der Waals surface area (Å²) in [7, 11) is 0. The minimum atomic E-state index is -0.960. The lowest BCUT2D eigenvalue weighted by Gasteiger charge is -2.32. The summed E-state index contributed by atoms with van der Waals surface area (Å²) in [6.07, 6.45) is 1.42. The fraction of sp³-hybridized carbons (Fsp3) is 0.483. The number of hydrazine groups is 1. The molecule has 0 aliphatic heterocycles. The highest BCUT2D eigenvalue weighted by Crippen LogP contribution is 2.25. The molecule has 0 radical (unpaired) electrons. The van der Waals surface area contributed by atoms with Crippen molar-refractivity contribution < 1.29 is 29.0 Å². The molecule has 1 atom stereocenters. The third-order valence-corrected chi connectivity index (χ3v) is 6.62. The van der Waals surface area contributed by atoms with Gasteiger partial charge in [0.1, 0.15) is 13.2 Å². The minimum Gasteiger partial charge on any atom is -0.445 e. The number of hydrazone groups is 1. The number of amides is 2. The van der Waals surface area contributed by atoms with E-state index in [1.54, 1.807) is 12.1 Å². The number of rotatable bonds is 17. The van der Waals surface area contributed by atoms with Crippen LogP contribution in [-0.4, -0.2) is 65.4 Å². The summed E-state index contributed by atoms with van der Waals surface area (Å²) in [6, 6.07) is 15.3. The van der Waals surface area contributed by atoms with E-state index in [1.165, 1.54) is 0 Å². The Kier molecular flexibility index (Phi) is 14.2. The molecule has 2 rings (SSSR count). The Labute approximate surface area is 246 Å². The number of nitrogens with two attached hydrogens (primary N) is 2. The van der Waals surface area contributed by atoms with Gasteiger partial charge in [0, 0.05) is 24.6 Å². The number of hydrogen-bond donors (Lipinski definition) is 2. The largest absolute Gasteiger partial charge is 0.445 e. The van der Waals surface area contributed by atoms with Crippen LogP contribution in [0.2, 0.25) is 0 Å². The summed E-state index contributed by atoms with van der Waals surface area (Å²) in [5.74, 6) is 6.23. The van der Waals surface area contributed by atoms with Crippen molar-refractivity contribution in [3.8, 4) is 11.1 Å². The van der Waals surface area contributed by atoms with E-state index >= 15 is 0 Å². The molecule has 1 unspecified atom stereocenters. The van der Waals surface area contributed by atoms with Crippen LogP contribution in [0.1, 0.15) is 58.1 Å². The number of hydrogen-bond acceptors (Lipinski definition) is 9. The van der Waals surface area contributed by atoms with Crippen molar-refractivity contribution in [3.05, 3.63) is 69.8 Å². The predicted octanol–water partition coefficient (Wildman–Crippen LogP) is 4.07. The molecular formula is C29H42N6O7. The second-order valence-corrected chi connectivity index (χ2v) is 9.97. The first kappa shape index (κ1) is 34.0. The summed E-state index contributed by atoms with van der Waals surface area (Å²) in [4.78, 5) is 41.3. The van der Waals surface area contributed by atoms with Crippen LogP contribution in [0.25, 0.3) is 11.1 Å². The molecule has 0 aliphatic carbocycles. The Morgan fingerprint density at radius 2 is 1.69 bits per heavy atom. The van der Waals surface area contributed by atoms with Crippen LogP contribution < -0.4 is 11.6 Å². The fourth-order valence-electron chi connectivity index (χ4n) is 3.97. The summed E-state index contributed by atoms with van der Waals surface area (Å²) in [5, 5.41) is 13.6. The van der Waals surface area contributed by atoms with E-state index in [2.05, 4.69) is 37.6 Å². The van der Waals surface area contributed by atoms with Gasteiger partial charge in [-0.15, -0.1) is 20.3 Å². The van der Waals surface area contributed by atoms with Crippen LogP contribution >= 0.6 is 0 Å². The van der Waals surface area contributed by atoms with E-state index in [0.29, 0.717) is 29.6 Å². The first-order valence-corrected chi connectivity index (χ1v) is 13.9. The average molecular weight is 587 g/mol. The Bertz CT molecular complexity index is 1190. The van der Waals surface area contributed by atoms with Gasteiger partial charge in [-0.2, -0.15) is 0 Å². The van der Waals surface area contributed by atoms with Crippen LogP contribution in [0.3, 0.4) is 0 Å². The highest BCUT2D eigenvalue weighted by Gasteiger charge is 2.22. The standard InChI is InChI=1S/C29H42N6O7/c1-5-6-11-27(36)33(22(4)21(2)3)20-23-12-14-24(15-13-23)25-9-7-8-10-26(25)28(30)32-34(31)29(37)41-18-16-40-17-19-42-35(38)39/h7-10,12-15,21-22H,5-6,11,16-20,31H2,1-4H3,(H2,30,32). The molecular weight excluding hydrogens is 544 g/mol. The van der Waals surface area contributed by atoms with Crippen LogP contribution in [0.15, 0.2) is 53.6 Å². The quantitative estimate of drug-likeness (QED) is 0.0526. The van der Waals surface area contributed by atoms with Gasteiger partial charge in [-0.25, -0.2) is 10.6 Å². The lowest BCUT2D eigenvalue weighted by molar-refractivity contribution is -0.758. The molecule has 4 N–H and O–H groups in total. The normalized spacial score (nSPS) is 12.1. The van der Waals surface area contributed by atoms with E-state index < -0.39 is 11.2 Å². The third kappa shape index (κ3) is 11.0. The summed E-state index contributed by atoms with van der Waals surface area (Å²) >= 11 is 0. The van der Waals surface area contributed by atoms with Crippen molar-refractivity contribution in [2.24, 2.45) is 22.6 Å². The van der Waals surface area contributed by atoms with Gasteiger partial charge in [-0.1, -0.05) is 75.7 Å². The molecule has 2 amide bonds. The highest BCUT2D eigenvalue weighted by molar-refractivity contribution is 6.03. The molecule has 42 heavy (non-hydrogen) atoms. The molecule has 13 nitrogen and oxygen atoms in total. The minimum absolute atomic E-state index is 0.000703.